The van der Waals surface area contributed by atoms with Crippen molar-refractivity contribution >= 4 is 26.8 Å². The Morgan fingerprint density at radius 3 is 2.56 bits per heavy atom. The number of carbonyl (C=O) groups excluding carboxylic acids is 1. The summed E-state index contributed by atoms with van der Waals surface area (Å²) in [6.45, 7) is 7.15. The zero-order valence-electron chi connectivity index (χ0n) is 19.7. The van der Waals surface area contributed by atoms with Gasteiger partial charge in [0.05, 0.1) is 22.6 Å². The van der Waals surface area contributed by atoms with Gasteiger partial charge in [-0.25, -0.2) is 12.8 Å². The first-order chi connectivity index (χ1) is 16.0. The van der Waals surface area contributed by atoms with Gasteiger partial charge in [0.25, 0.3) is 5.91 Å². The second-order valence-corrected chi connectivity index (χ2v) is 11.6. The number of benzene rings is 1. The predicted octanol–water partition coefficient (Wildman–Crippen LogP) is 4.07. The van der Waals surface area contributed by atoms with Crippen LogP contribution in [-0.4, -0.2) is 52.5 Å². The number of hydrogen-bond acceptors (Lipinski definition) is 6. The average Bonchev–Trinajstić information content (AvgIpc) is 3.15. The fourth-order valence-electron chi connectivity index (χ4n) is 4.10. The normalized spacial score (nSPS) is 18.1. The number of nitrogens with zero attached hydrogens (tertiary/aromatic N) is 3. The van der Waals surface area contributed by atoms with E-state index in [-0.39, 0.29) is 23.5 Å². The maximum Gasteiger partial charge on any atom is 0.253 e. The van der Waals surface area contributed by atoms with Gasteiger partial charge in [-0.1, -0.05) is 12.1 Å². The number of nitrogens with one attached hydrogen (secondary N) is 1. The number of halogens is 1. The highest BCUT2D eigenvalue weighted by Crippen LogP contribution is 2.31. The van der Waals surface area contributed by atoms with Crippen LogP contribution in [0.25, 0.3) is 22.3 Å². The topological polar surface area (TPSA) is 103 Å². The van der Waals surface area contributed by atoms with Crippen LogP contribution in [0.15, 0.2) is 36.5 Å². The van der Waals surface area contributed by atoms with Crippen molar-refractivity contribution in [1.82, 2.24) is 20.1 Å². The molecular weight excluding hydrogens is 459 g/mol. The molecule has 3 heterocycles. The quantitative estimate of drug-likeness (QED) is 0.561. The zero-order chi connectivity index (χ0) is 24.7. The highest BCUT2D eigenvalue weighted by atomic mass is 32.2. The molecule has 1 aliphatic heterocycles. The molecule has 10 heteroatoms. The van der Waals surface area contributed by atoms with E-state index >= 15 is 0 Å². The summed E-state index contributed by atoms with van der Waals surface area (Å²) < 4.78 is 43.8. The van der Waals surface area contributed by atoms with Crippen LogP contribution in [0.1, 0.15) is 56.9 Å². The lowest BCUT2D eigenvalue weighted by atomic mass is 9.94. The minimum atomic E-state index is -3.04. The Kier molecular flexibility index (Phi) is 6.37. The van der Waals surface area contributed by atoms with Crippen LogP contribution in [0.4, 0.5) is 4.39 Å². The van der Waals surface area contributed by atoms with Crippen LogP contribution in [0.2, 0.25) is 0 Å². The Labute approximate surface area is 198 Å². The lowest BCUT2D eigenvalue weighted by Crippen LogP contribution is -2.50. The van der Waals surface area contributed by atoms with Crippen LogP contribution in [0.5, 0.6) is 5.75 Å². The summed E-state index contributed by atoms with van der Waals surface area (Å²) in [6.07, 6.45) is 0.813. The SMILES string of the molecule is CC(F)Oc1cccc(-c2nn(C(C)C)c3cc(C(=O)NC4(C)CCS(=O)(=O)CC4)cnc23)c1. The molecule has 8 nitrogen and oxygen atoms in total. The standard InChI is InChI=1S/C24H29FN4O4S/c1-15(2)29-20-13-18(23(30)27-24(4)8-10-34(31,32)11-9-24)14-26-22(20)21(28-29)17-6-5-7-19(12-17)33-16(3)25/h5-7,12-16H,8-11H2,1-4H3,(H,27,30). The highest BCUT2D eigenvalue weighted by molar-refractivity contribution is 7.91. The first-order valence-electron chi connectivity index (χ1n) is 11.3. The Balaban J connectivity index is 1.68. The fourth-order valence-corrected chi connectivity index (χ4v) is 5.82. The minimum Gasteiger partial charge on any atom is -0.461 e. The molecule has 1 aromatic carbocycles. The van der Waals surface area contributed by atoms with Gasteiger partial charge in [0, 0.05) is 30.3 Å². The van der Waals surface area contributed by atoms with Crippen molar-refractivity contribution in [3.05, 3.63) is 42.1 Å². The van der Waals surface area contributed by atoms with E-state index in [1.165, 1.54) is 13.1 Å². The largest absolute Gasteiger partial charge is 0.461 e. The molecule has 1 atom stereocenters. The Bertz CT molecular complexity index is 1320. The third kappa shape index (κ3) is 5.06. The van der Waals surface area contributed by atoms with E-state index < -0.39 is 21.7 Å². The molecule has 1 aliphatic rings. The number of fused-ring (bicyclic) bond motifs is 1. The van der Waals surface area contributed by atoms with Crippen LogP contribution in [-0.2, 0) is 9.84 Å². The summed E-state index contributed by atoms with van der Waals surface area (Å²) in [5.74, 6) is 0.211. The predicted molar refractivity (Wildman–Crippen MR) is 128 cm³/mol. The summed E-state index contributed by atoms with van der Waals surface area (Å²) in [5, 5.41) is 7.73. The Morgan fingerprint density at radius 2 is 1.91 bits per heavy atom. The Morgan fingerprint density at radius 1 is 1.21 bits per heavy atom. The first-order valence-corrected chi connectivity index (χ1v) is 13.1. The van der Waals surface area contributed by atoms with E-state index in [0.29, 0.717) is 40.9 Å². The molecule has 1 unspecified atom stereocenters. The third-order valence-corrected chi connectivity index (χ3v) is 7.70. The van der Waals surface area contributed by atoms with Crippen molar-refractivity contribution in [3.63, 3.8) is 0 Å². The molecule has 1 N–H and O–H groups in total. The lowest BCUT2D eigenvalue weighted by molar-refractivity contribution is 0.0860. The van der Waals surface area contributed by atoms with Gasteiger partial charge in [0.2, 0.25) is 6.36 Å². The number of aromatic nitrogens is 3. The molecule has 0 saturated carbocycles. The van der Waals surface area contributed by atoms with E-state index in [2.05, 4.69) is 10.3 Å². The molecule has 0 bridgehead atoms. The first kappa shape index (κ1) is 24.1. The maximum atomic E-state index is 13.3. The smallest absolute Gasteiger partial charge is 0.253 e. The summed E-state index contributed by atoms with van der Waals surface area (Å²) in [6, 6.07) is 8.75. The van der Waals surface area contributed by atoms with Gasteiger partial charge in [0.15, 0.2) is 0 Å². The minimum absolute atomic E-state index is 0.00252. The highest BCUT2D eigenvalue weighted by Gasteiger charge is 2.35. The molecule has 182 valence electrons. The molecule has 3 aromatic rings. The second-order valence-electron chi connectivity index (χ2n) is 9.33. The lowest BCUT2D eigenvalue weighted by Gasteiger charge is -2.34. The van der Waals surface area contributed by atoms with Gasteiger partial charge in [-0.2, -0.15) is 5.10 Å². The monoisotopic (exact) mass is 488 g/mol. The summed E-state index contributed by atoms with van der Waals surface area (Å²) >= 11 is 0. The van der Waals surface area contributed by atoms with Crippen molar-refractivity contribution in [2.24, 2.45) is 0 Å². The van der Waals surface area contributed by atoms with E-state index in [9.17, 15) is 17.6 Å². The molecule has 0 aliphatic carbocycles. The summed E-state index contributed by atoms with van der Waals surface area (Å²) in [7, 11) is -3.04. The van der Waals surface area contributed by atoms with Crippen molar-refractivity contribution in [3.8, 4) is 17.0 Å². The van der Waals surface area contributed by atoms with Gasteiger partial charge >= 0.3 is 0 Å². The molecular formula is C24H29FN4O4S. The van der Waals surface area contributed by atoms with Gasteiger partial charge in [-0.15, -0.1) is 0 Å². The van der Waals surface area contributed by atoms with E-state index in [0.717, 1.165) is 5.56 Å². The number of carbonyl (C=O) groups is 1. The molecule has 1 amide bonds. The van der Waals surface area contributed by atoms with Crippen LogP contribution in [0.3, 0.4) is 0 Å². The van der Waals surface area contributed by atoms with E-state index in [1.54, 1.807) is 28.9 Å². The molecule has 1 fully saturated rings. The van der Waals surface area contributed by atoms with Crippen molar-refractivity contribution in [1.29, 1.82) is 0 Å². The summed E-state index contributed by atoms with van der Waals surface area (Å²) in [4.78, 5) is 17.6. The number of rotatable bonds is 6. The van der Waals surface area contributed by atoms with Crippen LogP contribution < -0.4 is 10.1 Å². The van der Waals surface area contributed by atoms with Crippen molar-refractivity contribution in [2.75, 3.05) is 11.5 Å². The second kappa shape index (κ2) is 8.98. The van der Waals surface area contributed by atoms with Crippen molar-refractivity contribution in [2.45, 2.75) is 58.5 Å². The molecule has 1 saturated heterocycles. The maximum absolute atomic E-state index is 13.3. The van der Waals surface area contributed by atoms with Gasteiger partial charge in [-0.3, -0.25) is 14.5 Å². The van der Waals surface area contributed by atoms with Crippen molar-refractivity contribution < 1.29 is 22.3 Å². The molecule has 2 aromatic heterocycles. The number of ether oxygens (including phenoxy) is 1. The zero-order valence-corrected chi connectivity index (χ0v) is 20.5. The number of amides is 1. The van der Waals surface area contributed by atoms with Gasteiger partial charge in [0.1, 0.15) is 26.8 Å². The van der Waals surface area contributed by atoms with E-state index in [4.69, 9.17) is 9.84 Å². The van der Waals surface area contributed by atoms with Crippen LogP contribution in [0, 0.1) is 0 Å². The number of alkyl halides is 1. The van der Waals surface area contributed by atoms with E-state index in [1.807, 2.05) is 26.8 Å². The third-order valence-electron chi connectivity index (χ3n) is 6.05. The fraction of sp³-hybridized carbons (Fsp3) is 0.458. The number of sulfone groups is 1. The van der Waals surface area contributed by atoms with Crippen LogP contribution >= 0.6 is 0 Å². The molecule has 34 heavy (non-hydrogen) atoms. The number of pyridine rings is 1. The van der Waals surface area contributed by atoms with Gasteiger partial charge < -0.3 is 10.1 Å². The molecule has 0 spiro atoms. The summed E-state index contributed by atoms with van der Waals surface area (Å²) in [5.41, 5.74) is 2.43. The van der Waals surface area contributed by atoms with Gasteiger partial charge in [-0.05, 0) is 51.8 Å². The molecule has 0 radical (unpaired) electrons. The Hall–Kier alpha value is -3.01. The number of hydrogen-bond donors (Lipinski definition) is 1. The average molecular weight is 489 g/mol. The molecule has 4 rings (SSSR count).